The first-order chi connectivity index (χ1) is 8.29. The van der Waals surface area contributed by atoms with Gasteiger partial charge in [-0.15, -0.1) is 0 Å². The van der Waals surface area contributed by atoms with Gasteiger partial charge in [0, 0.05) is 10.9 Å². The molecule has 4 heteroatoms. The van der Waals surface area contributed by atoms with Crippen LogP contribution in [0.2, 0.25) is 0 Å². The molecule has 1 heterocycles. The van der Waals surface area contributed by atoms with Crippen LogP contribution in [0, 0.1) is 0 Å². The minimum atomic E-state index is 0.251. The lowest BCUT2D eigenvalue weighted by Crippen LogP contribution is -2.10. The smallest absolute Gasteiger partial charge is 0.183 e. The molecule has 0 radical (unpaired) electrons. The lowest BCUT2D eigenvalue weighted by molar-refractivity contribution is 0.308. The van der Waals surface area contributed by atoms with Crippen molar-refractivity contribution in [2.24, 2.45) is 10.7 Å². The van der Waals surface area contributed by atoms with E-state index in [9.17, 15) is 0 Å². The molecular weight excluding hydrogens is 280 g/mol. The van der Waals surface area contributed by atoms with E-state index in [1.54, 1.807) is 0 Å². The topological polar surface area (TPSA) is 47.6 Å². The van der Waals surface area contributed by atoms with Crippen molar-refractivity contribution in [1.82, 2.24) is 0 Å². The summed E-state index contributed by atoms with van der Waals surface area (Å²) in [5.41, 5.74) is 6.75. The van der Waals surface area contributed by atoms with Crippen molar-refractivity contribution >= 4 is 21.8 Å². The second-order valence-corrected chi connectivity index (χ2v) is 5.03. The van der Waals surface area contributed by atoms with Crippen molar-refractivity contribution in [3.05, 3.63) is 34.3 Å². The third kappa shape index (κ3) is 3.54. The van der Waals surface area contributed by atoms with E-state index in [1.807, 2.05) is 6.07 Å². The van der Waals surface area contributed by atoms with E-state index in [0.717, 1.165) is 29.6 Å². The summed E-state index contributed by atoms with van der Waals surface area (Å²) in [4.78, 5) is 4.58. The first kappa shape index (κ1) is 12.6. The lowest BCUT2D eigenvalue weighted by Gasteiger charge is -2.06. The van der Waals surface area contributed by atoms with Crippen LogP contribution < -0.4 is 5.73 Å². The Morgan fingerprint density at radius 3 is 3.00 bits per heavy atom. The SMILES string of the molecule is NCCCC1=NC(Cc2ccccc2Br)CO1. The molecule has 1 aliphatic heterocycles. The van der Waals surface area contributed by atoms with Gasteiger partial charge in [0.15, 0.2) is 5.90 Å². The summed E-state index contributed by atoms with van der Waals surface area (Å²) >= 11 is 3.55. The van der Waals surface area contributed by atoms with Crippen molar-refractivity contribution in [3.8, 4) is 0 Å². The molecule has 1 aliphatic rings. The summed E-state index contributed by atoms with van der Waals surface area (Å²) in [6, 6.07) is 8.51. The van der Waals surface area contributed by atoms with Crippen LogP contribution >= 0.6 is 15.9 Å². The Kier molecular flexibility index (Phi) is 4.57. The highest BCUT2D eigenvalue weighted by Gasteiger charge is 2.19. The van der Waals surface area contributed by atoms with E-state index >= 15 is 0 Å². The molecule has 0 spiro atoms. The van der Waals surface area contributed by atoms with E-state index < -0.39 is 0 Å². The molecule has 3 nitrogen and oxygen atoms in total. The highest BCUT2D eigenvalue weighted by molar-refractivity contribution is 9.10. The molecule has 0 fully saturated rings. The van der Waals surface area contributed by atoms with Crippen molar-refractivity contribution in [3.63, 3.8) is 0 Å². The second-order valence-electron chi connectivity index (χ2n) is 4.18. The van der Waals surface area contributed by atoms with Gasteiger partial charge in [0.05, 0.1) is 6.04 Å². The monoisotopic (exact) mass is 296 g/mol. The minimum Gasteiger partial charge on any atom is -0.479 e. The van der Waals surface area contributed by atoms with Crippen LogP contribution in [0.15, 0.2) is 33.7 Å². The number of nitrogens with zero attached hydrogens (tertiary/aromatic N) is 1. The molecule has 0 amide bonds. The van der Waals surface area contributed by atoms with Gasteiger partial charge in [0.2, 0.25) is 0 Å². The van der Waals surface area contributed by atoms with Crippen molar-refractivity contribution in [2.45, 2.75) is 25.3 Å². The average Bonchev–Trinajstić information content (AvgIpc) is 2.77. The highest BCUT2D eigenvalue weighted by Crippen LogP contribution is 2.20. The number of hydrogen-bond donors (Lipinski definition) is 1. The number of hydrogen-bond acceptors (Lipinski definition) is 3. The van der Waals surface area contributed by atoms with E-state index in [2.05, 4.69) is 39.1 Å². The van der Waals surface area contributed by atoms with Crippen LogP contribution in [0.5, 0.6) is 0 Å². The van der Waals surface area contributed by atoms with Crippen LogP contribution in [0.1, 0.15) is 18.4 Å². The molecule has 92 valence electrons. The van der Waals surface area contributed by atoms with Crippen molar-refractivity contribution in [1.29, 1.82) is 0 Å². The zero-order chi connectivity index (χ0) is 12.1. The molecule has 17 heavy (non-hydrogen) atoms. The van der Waals surface area contributed by atoms with Crippen molar-refractivity contribution < 1.29 is 4.74 Å². The summed E-state index contributed by atoms with van der Waals surface area (Å²) < 4.78 is 6.70. The van der Waals surface area contributed by atoms with Gasteiger partial charge in [-0.1, -0.05) is 34.1 Å². The van der Waals surface area contributed by atoms with Crippen molar-refractivity contribution in [2.75, 3.05) is 13.2 Å². The Bertz CT molecular complexity index is 406. The van der Waals surface area contributed by atoms with Gasteiger partial charge in [-0.05, 0) is 31.0 Å². The van der Waals surface area contributed by atoms with Gasteiger partial charge in [-0.3, -0.25) is 0 Å². The molecule has 1 unspecified atom stereocenters. The van der Waals surface area contributed by atoms with Gasteiger partial charge in [-0.25, -0.2) is 4.99 Å². The Hall–Kier alpha value is -0.870. The zero-order valence-electron chi connectivity index (χ0n) is 9.73. The molecule has 0 aliphatic carbocycles. The Labute approximate surface area is 110 Å². The predicted molar refractivity (Wildman–Crippen MR) is 73.3 cm³/mol. The predicted octanol–water partition coefficient (Wildman–Crippen LogP) is 2.53. The third-order valence-corrected chi connectivity index (χ3v) is 3.55. The fourth-order valence-corrected chi connectivity index (χ4v) is 2.33. The summed E-state index contributed by atoms with van der Waals surface area (Å²) in [6.07, 6.45) is 2.73. The highest BCUT2D eigenvalue weighted by atomic mass is 79.9. The fourth-order valence-electron chi connectivity index (χ4n) is 1.88. The van der Waals surface area contributed by atoms with Gasteiger partial charge in [0.1, 0.15) is 6.61 Å². The number of rotatable bonds is 5. The van der Waals surface area contributed by atoms with E-state index in [1.165, 1.54) is 5.56 Å². The molecule has 1 atom stereocenters. The summed E-state index contributed by atoms with van der Waals surface area (Å²) in [7, 11) is 0. The first-order valence-corrected chi connectivity index (χ1v) is 6.72. The molecule has 2 rings (SSSR count). The summed E-state index contributed by atoms with van der Waals surface area (Å²) in [5, 5.41) is 0. The summed E-state index contributed by atoms with van der Waals surface area (Å²) in [5.74, 6) is 0.868. The number of aliphatic imine (C=N–C) groups is 1. The van der Waals surface area contributed by atoms with Gasteiger partial charge >= 0.3 is 0 Å². The van der Waals surface area contributed by atoms with Crippen LogP contribution in [0.25, 0.3) is 0 Å². The first-order valence-electron chi connectivity index (χ1n) is 5.92. The molecule has 0 aromatic heterocycles. The number of nitrogens with two attached hydrogens (primary N) is 1. The van der Waals surface area contributed by atoms with E-state index in [0.29, 0.717) is 13.2 Å². The number of halogens is 1. The van der Waals surface area contributed by atoms with Crippen LogP contribution in [0.3, 0.4) is 0 Å². The quantitative estimate of drug-likeness (QED) is 0.908. The Morgan fingerprint density at radius 1 is 1.41 bits per heavy atom. The standard InChI is InChI=1S/C13H17BrN2O/c14-12-5-2-1-4-10(12)8-11-9-17-13(16-11)6-3-7-15/h1-2,4-5,11H,3,6-9,15H2. The second kappa shape index (κ2) is 6.17. The zero-order valence-corrected chi connectivity index (χ0v) is 11.3. The third-order valence-electron chi connectivity index (χ3n) is 2.78. The number of ether oxygens (including phenoxy) is 1. The Balaban J connectivity index is 1.93. The maximum absolute atomic E-state index is 5.56. The summed E-state index contributed by atoms with van der Waals surface area (Å²) in [6.45, 7) is 1.39. The van der Waals surface area contributed by atoms with Crippen LogP contribution in [-0.2, 0) is 11.2 Å². The van der Waals surface area contributed by atoms with E-state index in [-0.39, 0.29) is 6.04 Å². The normalized spacial score (nSPS) is 18.9. The van der Waals surface area contributed by atoms with E-state index in [4.69, 9.17) is 10.5 Å². The lowest BCUT2D eigenvalue weighted by atomic mass is 10.1. The minimum absolute atomic E-state index is 0.251. The van der Waals surface area contributed by atoms with Crippen LogP contribution in [0.4, 0.5) is 0 Å². The molecule has 2 N–H and O–H groups in total. The average molecular weight is 297 g/mol. The maximum Gasteiger partial charge on any atom is 0.183 e. The maximum atomic E-state index is 5.56. The Morgan fingerprint density at radius 2 is 2.24 bits per heavy atom. The molecule has 0 bridgehead atoms. The largest absolute Gasteiger partial charge is 0.479 e. The van der Waals surface area contributed by atoms with Crippen LogP contribution in [-0.4, -0.2) is 25.1 Å². The van der Waals surface area contributed by atoms with Gasteiger partial charge in [-0.2, -0.15) is 0 Å². The van der Waals surface area contributed by atoms with Gasteiger partial charge in [0.25, 0.3) is 0 Å². The molecule has 1 aromatic rings. The van der Waals surface area contributed by atoms with Gasteiger partial charge < -0.3 is 10.5 Å². The molecule has 0 saturated carbocycles. The number of benzene rings is 1. The molecule has 1 aromatic carbocycles. The molecule has 0 saturated heterocycles. The fraction of sp³-hybridized carbons (Fsp3) is 0.462. The molecular formula is C13H17BrN2O.